The molecule has 5 aliphatic rings. The molecule has 2 aromatic carbocycles. The van der Waals surface area contributed by atoms with Gasteiger partial charge in [0, 0.05) is 49.9 Å². The van der Waals surface area contributed by atoms with E-state index in [2.05, 4.69) is 28.9 Å². The smallest absolute Gasteiger partial charge is 0.235 e. The number of primary amides is 1. The van der Waals surface area contributed by atoms with Gasteiger partial charge in [0.2, 0.25) is 11.8 Å². The average molecular weight is 759 g/mol. The van der Waals surface area contributed by atoms with E-state index in [1.165, 1.54) is 32.1 Å². The molecule has 2 heterocycles. The lowest BCUT2D eigenvalue weighted by molar-refractivity contribution is -0.143. The van der Waals surface area contributed by atoms with Crippen molar-refractivity contribution in [2.75, 3.05) is 61.0 Å². The molecule has 2 unspecified atom stereocenters. The van der Waals surface area contributed by atoms with Gasteiger partial charge in [0.25, 0.3) is 0 Å². The van der Waals surface area contributed by atoms with E-state index >= 15 is 4.79 Å². The number of hydrogen-bond acceptors (Lipinski definition) is 9. The summed E-state index contributed by atoms with van der Waals surface area (Å²) < 4.78 is 0. The molecule has 56 heavy (non-hydrogen) atoms. The predicted octanol–water partition coefficient (Wildman–Crippen LogP) is 6.27. The van der Waals surface area contributed by atoms with Crippen molar-refractivity contribution in [3.63, 3.8) is 0 Å². The molecule has 11 heteroatoms. The van der Waals surface area contributed by atoms with Crippen molar-refractivity contribution in [1.29, 1.82) is 0 Å². The molecule has 9 rings (SSSR count). The first-order chi connectivity index (χ1) is 27.3. The number of aliphatic hydroxyl groups excluding tert-OH is 1. The van der Waals surface area contributed by atoms with Crippen LogP contribution in [0.15, 0.2) is 72.8 Å². The first-order valence-corrected chi connectivity index (χ1v) is 20.9. The summed E-state index contributed by atoms with van der Waals surface area (Å²) >= 11 is 0. The molecule has 5 aliphatic carbocycles. The number of benzene rings is 2. The van der Waals surface area contributed by atoms with Gasteiger partial charge < -0.3 is 32.1 Å². The van der Waals surface area contributed by atoms with E-state index in [0.29, 0.717) is 54.8 Å². The van der Waals surface area contributed by atoms with Crippen LogP contribution < -0.4 is 31.9 Å². The zero-order chi connectivity index (χ0) is 38.6. The van der Waals surface area contributed by atoms with E-state index in [-0.39, 0.29) is 24.3 Å². The number of anilines is 4. The van der Waals surface area contributed by atoms with Crippen LogP contribution in [0.3, 0.4) is 0 Å². The molecule has 0 spiro atoms. The van der Waals surface area contributed by atoms with Gasteiger partial charge in [-0.3, -0.25) is 14.5 Å². The molecular weight excluding hydrogens is 701 g/mol. The predicted molar refractivity (Wildman–Crippen MR) is 225 cm³/mol. The zero-order valence-corrected chi connectivity index (χ0v) is 32.5. The number of carbonyl (C=O) groups is 2. The summed E-state index contributed by atoms with van der Waals surface area (Å²) in [6.07, 6.45) is 14.8. The third-order valence-electron chi connectivity index (χ3n) is 13.1. The minimum atomic E-state index is -0.554. The third kappa shape index (κ3) is 7.99. The largest absolute Gasteiger partial charge is 0.395 e. The first-order valence-electron chi connectivity index (χ1n) is 20.9. The number of nitrogens with two attached hydrogens (primary N) is 2. The maximum Gasteiger partial charge on any atom is 0.235 e. The SMILES string of the molecule is NCCN(CCO)c1ccc2c(N(C(=O)C(CC(N)=O)C34CC5CC(CC(C5)C3)C4)c3cccc4nc(NCCNCC5CC=CCC5)ccc34)cccc2n1. The molecule has 11 nitrogen and oxygen atoms in total. The summed E-state index contributed by atoms with van der Waals surface area (Å²) in [5.41, 5.74) is 14.6. The number of allylic oxidation sites excluding steroid dienone is 2. The third-order valence-corrected chi connectivity index (χ3v) is 13.1. The van der Waals surface area contributed by atoms with Gasteiger partial charge >= 0.3 is 0 Å². The van der Waals surface area contributed by atoms with Crippen LogP contribution in [0, 0.1) is 35.0 Å². The molecule has 7 N–H and O–H groups in total. The van der Waals surface area contributed by atoms with Crippen molar-refractivity contribution in [3.8, 4) is 0 Å². The fraction of sp³-hybridized carbons (Fsp3) is 0.511. The standard InChI is InChI=1S/C45H58N8O3/c46-16-19-52(20-21-54)43-15-13-35-38(51-43)9-5-11-40(35)53(44(56)36(25-41(47)55)45-26-31-22-32(27-45)24-33(23-31)28-45)39-10-4-8-37-34(39)12-14-42(50-37)49-18-17-48-29-30-6-2-1-3-7-30/h1-2,4-5,8-15,30-33,36,48,54H,3,6-7,16-29,46H2,(H2,47,55)(H,49,50). The van der Waals surface area contributed by atoms with Crippen molar-refractivity contribution in [2.45, 2.75) is 64.2 Å². The summed E-state index contributed by atoms with van der Waals surface area (Å²) in [5, 5.41) is 18.5. The minimum absolute atomic E-state index is 0.0186. The van der Waals surface area contributed by atoms with E-state index in [9.17, 15) is 9.90 Å². The molecule has 0 radical (unpaired) electrons. The quantitative estimate of drug-likeness (QED) is 0.0617. The van der Waals surface area contributed by atoms with Crippen molar-refractivity contribution in [3.05, 3.63) is 72.8 Å². The van der Waals surface area contributed by atoms with Crippen LogP contribution in [0.4, 0.5) is 23.0 Å². The lowest BCUT2D eigenvalue weighted by atomic mass is 9.46. The summed E-state index contributed by atoms with van der Waals surface area (Å²) in [7, 11) is 0. The Bertz CT molecular complexity index is 2030. The molecule has 4 bridgehead atoms. The van der Waals surface area contributed by atoms with E-state index in [1.807, 2.05) is 64.4 Å². The fourth-order valence-corrected chi connectivity index (χ4v) is 11.1. The average Bonchev–Trinajstić information content (AvgIpc) is 3.19. The fourth-order valence-electron chi connectivity index (χ4n) is 11.1. The Morgan fingerprint density at radius 1 is 0.857 bits per heavy atom. The lowest BCUT2D eigenvalue weighted by Crippen LogP contribution is -2.54. The summed E-state index contributed by atoms with van der Waals surface area (Å²) in [6, 6.07) is 19.8. The number of nitrogens with one attached hydrogen (secondary N) is 2. The molecule has 4 aromatic rings. The second-order valence-corrected chi connectivity index (χ2v) is 17.0. The number of carbonyl (C=O) groups excluding carboxylic acids is 2. The molecule has 4 fully saturated rings. The van der Waals surface area contributed by atoms with E-state index < -0.39 is 11.8 Å². The highest BCUT2D eigenvalue weighted by atomic mass is 16.3. The Morgan fingerprint density at radius 3 is 2.16 bits per heavy atom. The Labute approximate surface area is 330 Å². The van der Waals surface area contributed by atoms with Crippen LogP contribution in [0.5, 0.6) is 0 Å². The Hall–Kier alpha value is -4.58. The normalized spacial score (nSPS) is 24.4. The highest BCUT2D eigenvalue weighted by Gasteiger charge is 2.57. The maximum absolute atomic E-state index is 15.7. The number of rotatable bonds is 17. The number of fused-ring (bicyclic) bond motifs is 2. The number of aromatic nitrogens is 2. The first kappa shape index (κ1) is 38.3. The Morgan fingerprint density at radius 2 is 1.54 bits per heavy atom. The second-order valence-electron chi connectivity index (χ2n) is 17.0. The molecule has 2 amide bonds. The Balaban J connectivity index is 1.16. The molecule has 2 atom stereocenters. The lowest BCUT2D eigenvalue weighted by Gasteiger charge is -2.59. The van der Waals surface area contributed by atoms with Crippen LogP contribution in [0.1, 0.15) is 64.2 Å². The number of nitrogens with zero attached hydrogens (tertiary/aromatic N) is 4. The number of hydrogen-bond donors (Lipinski definition) is 5. The minimum Gasteiger partial charge on any atom is -0.395 e. The van der Waals surface area contributed by atoms with Gasteiger partial charge in [0.05, 0.1) is 34.9 Å². The van der Waals surface area contributed by atoms with Crippen LogP contribution in [-0.4, -0.2) is 72.8 Å². The molecule has 2 aromatic heterocycles. The summed E-state index contributed by atoms with van der Waals surface area (Å²) in [6.45, 7) is 3.98. The number of amides is 2. The van der Waals surface area contributed by atoms with Crippen LogP contribution in [0.25, 0.3) is 21.8 Å². The molecule has 0 aliphatic heterocycles. The number of pyridine rings is 2. The van der Waals surface area contributed by atoms with E-state index in [4.69, 9.17) is 21.4 Å². The van der Waals surface area contributed by atoms with Crippen LogP contribution in [-0.2, 0) is 9.59 Å². The Kier molecular flexibility index (Phi) is 11.5. The maximum atomic E-state index is 15.7. The van der Waals surface area contributed by atoms with Gasteiger partial charge in [-0.25, -0.2) is 9.97 Å². The molecule has 0 saturated heterocycles. The van der Waals surface area contributed by atoms with Crippen LogP contribution >= 0.6 is 0 Å². The van der Waals surface area contributed by atoms with Gasteiger partial charge in [-0.15, -0.1) is 0 Å². The van der Waals surface area contributed by atoms with Gasteiger partial charge in [-0.05, 0) is 142 Å². The van der Waals surface area contributed by atoms with Crippen molar-refractivity contribution >= 4 is 56.6 Å². The summed E-state index contributed by atoms with van der Waals surface area (Å²) in [5.74, 6) is 2.90. The zero-order valence-electron chi connectivity index (χ0n) is 32.5. The van der Waals surface area contributed by atoms with Gasteiger partial charge in [-0.2, -0.15) is 0 Å². The van der Waals surface area contributed by atoms with Gasteiger partial charge in [-0.1, -0.05) is 24.3 Å². The molecule has 4 saturated carbocycles. The van der Waals surface area contributed by atoms with Crippen LogP contribution in [0.2, 0.25) is 0 Å². The summed E-state index contributed by atoms with van der Waals surface area (Å²) in [4.78, 5) is 42.5. The monoisotopic (exact) mass is 758 g/mol. The molecular formula is C45H58N8O3. The second kappa shape index (κ2) is 16.9. The highest BCUT2D eigenvalue weighted by Crippen LogP contribution is 2.63. The number of aliphatic hydroxyl groups is 1. The van der Waals surface area contributed by atoms with Crippen molar-refractivity contribution < 1.29 is 14.7 Å². The van der Waals surface area contributed by atoms with Crippen molar-refractivity contribution in [1.82, 2.24) is 15.3 Å². The van der Waals surface area contributed by atoms with Crippen molar-refractivity contribution in [2.24, 2.45) is 46.5 Å². The van der Waals surface area contributed by atoms with E-state index in [0.717, 1.165) is 78.6 Å². The highest BCUT2D eigenvalue weighted by molar-refractivity contribution is 6.13. The topological polar surface area (TPSA) is 163 Å². The van der Waals surface area contributed by atoms with Gasteiger partial charge in [0.1, 0.15) is 11.6 Å². The molecule has 296 valence electrons. The van der Waals surface area contributed by atoms with E-state index in [1.54, 1.807) is 0 Å². The van der Waals surface area contributed by atoms with Gasteiger partial charge in [0.15, 0.2) is 0 Å².